The summed E-state index contributed by atoms with van der Waals surface area (Å²) in [5.74, 6) is 0.256. The van der Waals surface area contributed by atoms with E-state index in [2.05, 4.69) is 24.7 Å². The Hall–Kier alpha value is -2.32. The van der Waals surface area contributed by atoms with Crippen LogP contribution in [0.5, 0.6) is 11.5 Å². The van der Waals surface area contributed by atoms with Crippen LogP contribution in [0.3, 0.4) is 0 Å². The standard InChI is InChI=1S/C20H27N3O5/c1-11(2)14-7-15(22-21-14)18(24)23-8-13-12-5-4-6-16(27-3)17(12)28-10-20(13,9-23)19(25)26/h4-6,11,13-15,21-22H,7-10H2,1-3H3,(H,25,26)/t13-,14?,15?,20-/m1/s1. The number of methoxy groups -OCH3 is 1. The van der Waals surface area contributed by atoms with Crippen LogP contribution < -0.4 is 20.3 Å². The molecule has 0 saturated carbocycles. The average Bonchev–Trinajstić information content (AvgIpc) is 3.32. The number of nitrogens with zero attached hydrogens (tertiary/aromatic N) is 1. The maximum absolute atomic E-state index is 13.1. The largest absolute Gasteiger partial charge is 0.493 e. The zero-order valence-corrected chi connectivity index (χ0v) is 16.4. The predicted molar refractivity (Wildman–Crippen MR) is 101 cm³/mol. The second-order valence-electron chi connectivity index (χ2n) is 8.33. The first kappa shape index (κ1) is 19.0. The molecule has 3 heterocycles. The van der Waals surface area contributed by atoms with E-state index in [-0.39, 0.29) is 37.1 Å². The topological polar surface area (TPSA) is 100 Å². The van der Waals surface area contributed by atoms with Crippen LogP contribution >= 0.6 is 0 Å². The number of carboxylic acids is 1. The minimum absolute atomic E-state index is 0.0229. The number of carbonyl (C=O) groups is 2. The Morgan fingerprint density at radius 2 is 2.14 bits per heavy atom. The summed E-state index contributed by atoms with van der Waals surface area (Å²) in [5.41, 5.74) is 5.92. The van der Waals surface area contributed by atoms with Crippen LogP contribution in [0.2, 0.25) is 0 Å². The second-order valence-corrected chi connectivity index (χ2v) is 8.33. The molecule has 3 N–H and O–H groups in total. The molecule has 4 rings (SSSR count). The van der Waals surface area contributed by atoms with Gasteiger partial charge in [0.05, 0.1) is 7.11 Å². The smallest absolute Gasteiger partial charge is 0.315 e. The highest BCUT2D eigenvalue weighted by atomic mass is 16.5. The van der Waals surface area contributed by atoms with Gasteiger partial charge in [-0.2, -0.15) is 0 Å². The van der Waals surface area contributed by atoms with Crippen molar-refractivity contribution in [3.63, 3.8) is 0 Å². The summed E-state index contributed by atoms with van der Waals surface area (Å²) < 4.78 is 11.2. The van der Waals surface area contributed by atoms with Gasteiger partial charge in [-0.15, -0.1) is 0 Å². The molecule has 2 unspecified atom stereocenters. The summed E-state index contributed by atoms with van der Waals surface area (Å²) in [5, 5.41) is 10.1. The highest BCUT2D eigenvalue weighted by Gasteiger charge is 2.58. The van der Waals surface area contributed by atoms with Crippen LogP contribution in [0.15, 0.2) is 18.2 Å². The number of aliphatic carboxylic acids is 1. The van der Waals surface area contributed by atoms with Gasteiger partial charge in [-0.05, 0) is 18.4 Å². The van der Waals surface area contributed by atoms with Gasteiger partial charge in [-0.3, -0.25) is 15.0 Å². The van der Waals surface area contributed by atoms with Gasteiger partial charge in [-0.1, -0.05) is 26.0 Å². The summed E-state index contributed by atoms with van der Waals surface area (Å²) in [6.45, 7) is 4.75. The first-order chi connectivity index (χ1) is 13.4. The number of ether oxygens (including phenoxy) is 2. The van der Waals surface area contributed by atoms with E-state index in [1.54, 1.807) is 18.1 Å². The van der Waals surface area contributed by atoms with Crippen LogP contribution in [0.25, 0.3) is 0 Å². The number of nitrogens with one attached hydrogen (secondary N) is 2. The predicted octanol–water partition coefficient (Wildman–Crippen LogP) is 0.976. The zero-order chi connectivity index (χ0) is 20.1. The van der Waals surface area contributed by atoms with Gasteiger partial charge in [0.25, 0.3) is 0 Å². The molecule has 3 aliphatic heterocycles. The Bertz CT molecular complexity index is 798. The molecule has 1 aromatic carbocycles. The highest BCUT2D eigenvalue weighted by Crippen LogP contribution is 2.52. The molecule has 4 atom stereocenters. The number of fused-ring (bicyclic) bond motifs is 3. The van der Waals surface area contributed by atoms with E-state index in [0.717, 1.165) is 5.56 Å². The summed E-state index contributed by atoms with van der Waals surface area (Å²) >= 11 is 0. The summed E-state index contributed by atoms with van der Waals surface area (Å²) in [7, 11) is 1.56. The lowest BCUT2D eigenvalue weighted by molar-refractivity contribution is -0.152. The maximum Gasteiger partial charge on any atom is 0.315 e. The van der Waals surface area contributed by atoms with Gasteiger partial charge in [0, 0.05) is 30.6 Å². The van der Waals surface area contributed by atoms with E-state index < -0.39 is 11.4 Å². The van der Waals surface area contributed by atoms with Crippen molar-refractivity contribution in [1.82, 2.24) is 15.8 Å². The Labute approximate surface area is 164 Å². The molecular weight excluding hydrogens is 362 g/mol. The zero-order valence-electron chi connectivity index (χ0n) is 16.4. The monoisotopic (exact) mass is 389 g/mol. The third kappa shape index (κ3) is 2.82. The minimum Gasteiger partial charge on any atom is -0.493 e. The molecule has 28 heavy (non-hydrogen) atoms. The van der Waals surface area contributed by atoms with Crippen molar-refractivity contribution >= 4 is 11.9 Å². The van der Waals surface area contributed by atoms with Gasteiger partial charge in [-0.25, -0.2) is 5.43 Å². The molecule has 0 radical (unpaired) electrons. The number of amides is 1. The van der Waals surface area contributed by atoms with Crippen LogP contribution in [-0.2, 0) is 9.59 Å². The molecular formula is C20H27N3O5. The molecule has 8 nitrogen and oxygen atoms in total. The average molecular weight is 389 g/mol. The fraction of sp³-hybridized carbons (Fsp3) is 0.600. The van der Waals surface area contributed by atoms with Crippen molar-refractivity contribution in [2.24, 2.45) is 11.3 Å². The Balaban J connectivity index is 1.61. The van der Waals surface area contributed by atoms with E-state index in [1.807, 2.05) is 12.1 Å². The number of carboxylic acid groups (broad SMARTS) is 1. The number of para-hydroxylation sites is 1. The first-order valence-corrected chi connectivity index (χ1v) is 9.70. The number of benzene rings is 1. The van der Waals surface area contributed by atoms with Gasteiger partial charge in [0.15, 0.2) is 11.5 Å². The van der Waals surface area contributed by atoms with Crippen molar-refractivity contribution in [1.29, 1.82) is 0 Å². The third-order valence-electron chi connectivity index (χ3n) is 6.39. The maximum atomic E-state index is 13.1. The summed E-state index contributed by atoms with van der Waals surface area (Å²) in [4.78, 5) is 27.1. The van der Waals surface area contributed by atoms with Crippen LogP contribution in [0, 0.1) is 11.3 Å². The summed E-state index contributed by atoms with van der Waals surface area (Å²) in [6, 6.07) is 5.38. The first-order valence-electron chi connectivity index (χ1n) is 9.70. The van der Waals surface area contributed by atoms with Crippen molar-refractivity contribution < 1.29 is 24.2 Å². The molecule has 0 bridgehead atoms. The molecule has 0 aromatic heterocycles. The number of hydrazine groups is 1. The van der Waals surface area contributed by atoms with E-state index >= 15 is 0 Å². The molecule has 3 aliphatic rings. The number of hydrogen-bond acceptors (Lipinski definition) is 6. The number of carbonyl (C=O) groups excluding carboxylic acids is 1. The van der Waals surface area contributed by atoms with Crippen molar-refractivity contribution in [2.75, 3.05) is 26.8 Å². The van der Waals surface area contributed by atoms with Crippen molar-refractivity contribution in [3.8, 4) is 11.5 Å². The lowest BCUT2D eigenvalue weighted by Crippen LogP contribution is -2.48. The number of rotatable bonds is 4. The van der Waals surface area contributed by atoms with E-state index in [0.29, 0.717) is 30.4 Å². The molecule has 1 amide bonds. The van der Waals surface area contributed by atoms with Gasteiger partial charge < -0.3 is 19.5 Å². The Kier molecular flexibility index (Phi) is 4.71. The minimum atomic E-state index is -1.14. The highest BCUT2D eigenvalue weighted by molar-refractivity contribution is 5.86. The lowest BCUT2D eigenvalue weighted by Gasteiger charge is -2.36. The third-order valence-corrected chi connectivity index (χ3v) is 6.39. The fourth-order valence-corrected chi connectivity index (χ4v) is 4.62. The Morgan fingerprint density at radius 3 is 2.79 bits per heavy atom. The Morgan fingerprint density at radius 1 is 1.36 bits per heavy atom. The van der Waals surface area contributed by atoms with E-state index in [1.165, 1.54) is 0 Å². The van der Waals surface area contributed by atoms with Gasteiger partial charge in [0.2, 0.25) is 5.91 Å². The van der Waals surface area contributed by atoms with Crippen LogP contribution in [0.4, 0.5) is 0 Å². The molecule has 0 spiro atoms. The van der Waals surface area contributed by atoms with Gasteiger partial charge in [0.1, 0.15) is 18.1 Å². The molecule has 152 valence electrons. The summed E-state index contributed by atoms with van der Waals surface area (Å²) in [6.07, 6.45) is 0.693. The molecule has 0 aliphatic carbocycles. The second kappa shape index (κ2) is 6.93. The van der Waals surface area contributed by atoms with Crippen molar-refractivity contribution in [2.45, 2.75) is 38.3 Å². The van der Waals surface area contributed by atoms with E-state index in [9.17, 15) is 14.7 Å². The molecule has 1 aromatic rings. The fourth-order valence-electron chi connectivity index (χ4n) is 4.62. The molecule has 2 saturated heterocycles. The molecule has 8 heteroatoms. The normalized spacial score (nSPS) is 31.3. The number of hydrogen-bond donors (Lipinski definition) is 3. The van der Waals surface area contributed by atoms with Crippen LogP contribution in [0.1, 0.15) is 31.7 Å². The SMILES string of the molecule is COc1cccc2c1OC[C@]1(C(=O)O)CN(C(=O)C3CC(C(C)C)NN3)C[C@H]21. The number of likely N-dealkylation sites (tertiary alicyclic amines) is 1. The van der Waals surface area contributed by atoms with Crippen LogP contribution in [-0.4, -0.2) is 60.8 Å². The van der Waals surface area contributed by atoms with Crippen molar-refractivity contribution in [3.05, 3.63) is 23.8 Å². The van der Waals surface area contributed by atoms with E-state index in [4.69, 9.17) is 9.47 Å². The lowest BCUT2D eigenvalue weighted by atomic mass is 9.73. The van der Waals surface area contributed by atoms with Gasteiger partial charge >= 0.3 is 5.97 Å². The molecule has 2 fully saturated rings. The quantitative estimate of drug-likeness (QED) is 0.706.